The zero-order valence-electron chi connectivity index (χ0n) is 11.3. The van der Waals surface area contributed by atoms with Gasteiger partial charge in [0, 0.05) is 61.4 Å². The SMILES string of the molecule is CCn1cc(CN2CCNCC2)c2cc(Cl)ccc21. The first-order valence-corrected chi connectivity index (χ1v) is 7.36. The first kappa shape index (κ1) is 13.0. The Morgan fingerprint density at radius 1 is 1.26 bits per heavy atom. The van der Waals surface area contributed by atoms with Gasteiger partial charge in [-0.25, -0.2) is 0 Å². The van der Waals surface area contributed by atoms with Gasteiger partial charge in [-0.05, 0) is 30.7 Å². The van der Waals surface area contributed by atoms with Gasteiger partial charge in [-0.2, -0.15) is 0 Å². The Labute approximate surface area is 119 Å². The van der Waals surface area contributed by atoms with Gasteiger partial charge >= 0.3 is 0 Å². The molecule has 1 aromatic carbocycles. The van der Waals surface area contributed by atoms with Crippen molar-refractivity contribution in [1.29, 1.82) is 0 Å². The summed E-state index contributed by atoms with van der Waals surface area (Å²) in [5, 5.41) is 5.52. The third-order valence-electron chi connectivity index (χ3n) is 3.87. The summed E-state index contributed by atoms with van der Waals surface area (Å²) in [6, 6.07) is 6.20. The largest absolute Gasteiger partial charge is 0.347 e. The van der Waals surface area contributed by atoms with Crippen LogP contribution in [0, 0.1) is 0 Å². The highest BCUT2D eigenvalue weighted by molar-refractivity contribution is 6.31. The van der Waals surface area contributed by atoms with E-state index in [1.807, 2.05) is 6.07 Å². The van der Waals surface area contributed by atoms with Crippen LogP contribution in [0.5, 0.6) is 0 Å². The number of piperazine rings is 1. The highest BCUT2D eigenvalue weighted by Gasteiger charge is 2.14. The molecule has 3 rings (SSSR count). The quantitative estimate of drug-likeness (QED) is 0.931. The first-order valence-electron chi connectivity index (χ1n) is 6.98. The second-order valence-electron chi connectivity index (χ2n) is 5.13. The smallest absolute Gasteiger partial charge is 0.0484 e. The summed E-state index contributed by atoms with van der Waals surface area (Å²) in [5.74, 6) is 0. The fourth-order valence-corrected chi connectivity index (χ4v) is 3.01. The lowest BCUT2D eigenvalue weighted by Gasteiger charge is -2.26. The number of halogens is 1. The Hall–Kier alpha value is -1.03. The predicted octanol–water partition coefficient (Wildman–Crippen LogP) is 2.72. The maximum atomic E-state index is 6.15. The molecule has 0 saturated carbocycles. The Balaban J connectivity index is 1.95. The van der Waals surface area contributed by atoms with Gasteiger partial charge in [0.05, 0.1) is 0 Å². The summed E-state index contributed by atoms with van der Waals surface area (Å²) < 4.78 is 2.31. The number of nitrogens with one attached hydrogen (secondary N) is 1. The van der Waals surface area contributed by atoms with E-state index in [9.17, 15) is 0 Å². The molecule has 0 radical (unpaired) electrons. The zero-order valence-corrected chi connectivity index (χ0v) is 12.1. The molecule has 0 amide bonds. The summed E-state index contributed by atoms with van der Waals surface area (Å²) in [6.45, 7) is 8.63. The second kappa shape index (κ2) is 5.53. The lowest BCUT2D eigenvalue weighted by atomic mass is 10.1. The molecule has 0 bridgehead atoms. The van der Waals surface area contributed by atoms with Crippen LogP contribution in [0.15, 0.2) is 24.4 Å². The normalized spacial score (nSPS) is 17.2. The molecule has 3 nitrogen and oxygen atoms in total. The number of rotatable bonds is 3. The van der Waals surface area contributed by atoms with E-state index in [4.69, 9.17) is 11.6 Å². The Morgan fingerprint density at radius 3 is 2.79 bits per heavy atom. The third kappa shape index (κ3) is 2.64. The summed E-state index contributed by atoms with van der Waals surface area (Å²) in [6.07, 6.45) is 2.28. The Kier molecular flexibility index (Phi) is 3.78. The second-order valence-corrected chi connectivity index (χ2v) is 5.56. The molecule has 1 aliphatic rings. The minimum absolute atomic E-state index is 0.822. The van der Waals surface area contributed by atoms with Gasteiger partial charge in [-0.15, -0.1) is 0 Å². The van der Waals surface area contributed by atoms with Gasteiger partial charge in [0.15, 0.2) is 0 Å². The van der Waals surface area contributed by atoms with Crippen molar-refractivity contribution >= 4 is 22.5 Å². The van der Waals surface area contributed by atoms with Gasteiger partial charge in [0.1, 0.15) is 0 Å². The molecule has 0 spiro atoms. The van der Waals surface area contributed by atoms with E-state index in [0.29, 0.717) is 0 Å². The van der Waals surface area contributed by atoms with Crippen LogP contribution in [0.3, 0.4) is 0 Å². The molecule has 102 valence electrons. The Bertz CT molecular complexity index is 570. The molecule has 1 N–H and O–H groups in total. The van der Waals surface area contributed by atoms with E-state index >= 15 is 0 Å². The standard InChI is InChI=1S/C15H20ClN3/c1-2-19-11-12(10-18-7-5-17-6-8-18)14-9-13(16)3-4-15(14)19/h3-4,9,11,17H,2,5-8,10H2,1H3. The monoisotopic (exact) mass is 277 g/mol. The van der Waals surface area contributed by atoms with Crippen LogP contribution in [0.25, 0.3) is 10.9 Å². The third-order valence-corrected chi connectivity index (χ3v) is 4.11. The van der Waals surface area contributed by atoms with Crippen LogP contribution < -0.4 is 5.32 Å². The van der Waals surface area contributed by atoms with Crippen LogP contribution >= 0.6 is 11.6 Å². The summed E-state index contributed by atoms with van der Waals surface area (Å²) in [4.78, 5) is 2.51. The van der Waals surface area contributed by atoms with Gasteiger partial charge in [-0.1, -0.05) is 11.6 Å². The van der Waals surface area contributed by atoms with Crippen molar-refractivity contribution in [2.75, 3.05) is 26.2 Å². The molecule has 2 heterocycles. The molecule has 2 aromatic rings. The summed E-state index contributed by atoms with van der Waals surface area (Å²) >= 11 is 6.15. The number of nitrogens with zero attached hydrogens (tertiary/aromatic N) is 2. The van der Waals surface area contributed by atoms with E-state index in [1.165, 1.54) is 16.5 Å². The minimum Gasteiger partial charge on any atom is -0.347 e. The summed E-state index contributed by atoms with van der Waals surface area (Å²) in [5.41, 5.74) is 2.68. The molecular weight excluding hydrogens is 258 g/mol. The predicted molar refractivity (Wildman–Crippen MR) is 80.8 cm³/mol. The fraction of sp³-hybridized carbons (Fsp3) is 0.467. The van der Waals surface area contributed by atoms with Crippen molar-refractivity contribution < 1.29 is 0 Å². The molecule has 1 aromatic heterocycles. The highest BCUT2D eigenvalue weighted by atomic mass is 35.5. The number of hydrogen-bond donors (Lipinski definition) is 1. The van der Waals surface area contributed by atoms with Crippen molar-refractivity contribution in [3.63, 3.8) is 0 Å². The molecule has 1 fully saturated rings. The van der Waals surface area contributed by atoms with Crippen LogP contribution in [-0.2, 0) is 13.1 Å². The Morgan fingerprint density at radius 2 is 2.05 bits per heavy atom. The molecule has 0 atom stereocenters. The number of aryl methyl sites for hydroxylation is 1. The lowest BCUT2D eigenvalue weighted by molar-refractivity contribution is 0.234. The molecular formula is C15H20ClN3. The molecule has 4 heteroatoms. The number of aromatic nitrogens is 1. The van der Waals surface area contributed by atoms with Gasteiger partial charge in [-0.3, -0.25) is 4.90 Å². The first-order chi connectivity index (χ1) is 9.28. The van der Waals surface area contributed by atoms with Crippen LogP contribution in [0.4, 0.5) is 0 Å². The number of benzene rings is 1. The average Bonchev–Trinajstić information content (AvgIpc) is 2.77. The van der Waals surface area contributed by atoms with E-state index in [1.54, 1.807) is 0 Å². The van der Waals surface area contributed by atoms with Crippen molar-refractivity contribution in [2.24, 2.45) is 0 Å². The van der Waals surface area contributed by atoms with Crippen molar-refractivity contribution in [3.8, 4) is 0 Å². The molecule has 19 heavy (non-hydrogen) atoms. The molecule has 0 aliphatic carbocycles. The van der Waals surface area contributed by atoms with Gasteiger partial charge in [0.25, 0.3) is 0 Å². The summed E-state index contributed by atoms with van der Waals surface area (Å²) in [7, 11) is 0. The van der Waals surface area contributed by atoms with Crippen molar-refractivity contribution in [1.82, 2.24) is 14.8 Å². The van der Waals surface area contributed by atoms with E-state index in [2.05, 4.69) is 40.0 Å². The van der Waals surface area contributed by atoms with Gasteiger partial charge in [0.2, 0.25) is 0 Å². The van der Waals surface area contributed by atoms with Crippen LogP contribution in [0.2, 0.25) is 5.02 Å². The van der Waals surface area contributed by atoms with E-state index in [0.717, 1.165) is 44.3 Å². The maximum Gasteiger partial charge on any atom is 0.0484 e. The maximum absolute atomic E-state index is 6.15. The molecule has 0 unspecified atom stereocenters. The topological polar surface area (TPSA) is 20.2 Å². The van der Waals surface area contributed by atoms with Crippen LogP contribution in [-0.4, -0.2) is 35.6 Å². The highest BCUT2D eigenvalue weighted by Crippen LogP contribution is 2.26. The number of hydrogen-bond acceptors (Lipinski definition) is 2. The zero-order chi connectivity index (χ0) is 13.2. The van der Waals surface area contributed by atoms with Crippen molar-refractivity contribution in [3.05, 3.63) is 35.0 Å². The minimum atomic E-state index is 0.822. The van der Waals surface area contributed by atoms with E-state index < -0.39 is 0 Å². The van der Waals surface area contributed by atoms with E-state index in [-0.39, 0.29) is 0 Å². The number of fused-ring (bicyclic) bond motifs is 1. The fourth-order valence-electron chi connectivity index (χ4n) is 2.84. The van der Waals surface area contributed by atoms with Gasteiger partial charge < -0.3 is 9.88 Å². The lowest BCUT2D eigenvalue weighted by Crippen LogP contribution is -2.42. The molecule has 1 aliphatic heterocycles. The van der Waals surface area contributed by atoms with Crippen LogP contribution in [0.1, 0.15) is 12.5 Å². The molecule has 1 saturated heterocycles. The average molecular weight is 278 g/mol. The van der Waals surface area contributed by atoms with Crippen molar-refractivity contribution in [2.45, 2.75) is 20.0 Å².